The van der Waals surface area contributed by atoms with Crippen molar-refractivity contribution >= 4 is 40.0 Å². The van der Waals surface area contributed by atoms with Crippen LogP contribution < -0.4 is 11.1 Å². The standard InChI is InChI=1S/C20H18N8O4/c1-3-32-20(29)13-9-24-27(15-8-11(2)12-6-4-5-7-14(12)25-15)19(13)26-18-16(28(30)31)17(21)22-10-23-18/h4-10H,3H2,1-2H3,(H3,21,22,23,26). The van der Waals surface area contributed by atoms with Gasteiger partial charge >= 0.3 is 11.7 Å². The van der Waals surface area contributed by atoms with Crippen LogP contribution in [0.1, 0.15) is 22.8 Å². The summed E-state index contributed by atoms with van der Waals surface area (Å²) in [5, 5.41) is 19.6. The first-order valence-corrected chi connectivity index (χ1v) is 9.54. The molecule has 0 saturated heterocycles. The van der Waals surface area contributed by atoms with Crippen LogP contribution >= 0.6 is 0 Å². The van der Waals surface area contributed by atoms with Crippen LogP contribution in [0.2, 0.25) is 0 Å². The Labute approximate surface area is 181 Å². The number of pyridine rings is 1. The van der Waals surface area contributed by atoms with E-state index < -0.39 is 16.6 Å². The average molecular weight is 434 g/mol. The van der Waals surface area contributed by atoms with Gasteiger partial charge in [0.05, 0.1) is 23.2 Å². The van der Waals surface area contributed by atoms with Gasteiger partial charge in [0.25, 0.3) is 0 Å². The molecule has 4 aromatic rings. The minimum Gasteiger partial charge on any atom is -0.462 e. The molecule has 4 rings (SSSR count). The van der Waals surface area contributed by atoms with E-state index in [4.69, 9.17) is 10.5 Å². The lowest BCUT2D eigenvalue weighted by Crippen LogP contribution is -2.12. The number of fused-ring (bicyclic) bond motifs is 1. The molecule has 3 aromatic heterocycles. The topological polar surface area (TPSA) is 164 Å². The third-order valence-electron chi connectivity index (χ3n) is 4.66. The summed E-state index contributed by atoms with van der Waals surface area (Å²) in [6.07, 6.45) is 2.37. The third-order valence-corrected chi connectivity index (χ3v) is 4.66. The number of aryl methyl sites for hydroxylation is 1. The monoisotopic (exact) mass is 434 g/mol. The van der Waals surface area contributed by atoms with Gasteiger partial charge in [-0.3, -0.25) is 10.1 Å². The van der Waals surface area contributed by atoms with E-state index in [1.165, 1.54) is 10.9 Å². The number of aromatic nitrogens is 5. The second kappa shape index (κ2) is 8.26. The first kappa shape index (κ1) is 20.7. The van der Waals surface area contributed by atoms with Crippen LogP contribution in [0.3, 0.4) is 0 Å². The van der Waals surface area contributed by atoms with Gasteiger partial charge in [-0.2, -0.15) is 9.78 Å². The molecular weight excluding hydrogens is 416 g/mol. The molecule has 0 radical (unpaired) electrons. The molecule has 0 bridgehead atoms. The van der Waals surface area contributed by atoms with E-state index in [2.05, 4.69) is 25.4 Å². The van der Waals surface area contributed by atoms with Crippen molar-refractivity contribution in [1.29, 1.82) is 0 Å². The van der Waals surface area contributed by atoms with Gasteiger partial charge in [-0.1, -0.05) is 18.2 Å². The van der Waals surface area contributed by atoms with Crippen LogP contribution in [0.25, 0.3) is 16.7 Å². The van der Waals surface area contributed by atoms with Crippen molar-refractivity contribution in [3.63, 3.8) is 0 Å². The number of carbonyl (C=O) groups is 1. The fraction of sp³-hybridized carbons (Fsp3) is 0.150. The van der Waals surface area contributed by atoms with Gasteiger partial charge in [0.15, 0.2) is 11.6 Å². The van der Waals surface area contributed by atoms with Gasteiger partial charge in [-0.25, -0.2) is 19.7 Å². The molecule has 0 saturated carbocycles. The van der Waals surface area contributed by atoms with Crippen molar-refractivity contribution in [2.24, 2.45) is 0 Å². The summed E-state index contributed by atoms with van der Waals surface area (Å²) in [6.45, 7) is 3.73. The van der Waals surface area contributed by atoms with E-state index in [9.17, 15) is 14.9 Å². The number of hydrogen-bond donors (Lipinski definition) is 2. The molecular formula is C20H18N8O4. The molecule has 0 amide bonds. The molecule has 0 fully saturated rings. The number of nitrogens with two attached hydrogens (primary N) is 1. The Morgan fingerprint density at radius 3 is 2.84 bits per heavy atom. The number of benzene rings is 1. The van der Waals surface area contributed by atoms with Gasteiger partial charge in [-0.15, -0.1) is 0 Å². The Bertz CT molecular complexity index is 1350. The fourth-order valence-corrected chi connectivity index (χ4v) is 3.22. The van der Waals surface area contributed by atoms with Crippen molar-refractivity contribution < 1.29 is 14.5 Å². The van der Waals surface area contributed by atoms with Gasteiger partial charge in [0.2, 0.25) is 11.6 Å². The lowest BCUT2D eigenvalue weighted by Gasteiger charge is -2.12. The molecule has 1 aromatic carbocycles. The van der Waals surface area contributed by atoms with Crippen LogP contribution in [0.4, 0.5) is 23.1 Å². The smallest absolute Gasteiger partial charge is 0.353 e. The normalized spacial score (nSPS) is 10.8. The zero-order chi connectivity index (χ0) is 22.8. The third kappa shape index (κ3) is 3.64. The number of anilines is 3. The number of para-hydroxylation sites is 1. The molecule has 0 aliphatic heterocycles. The molecule has 0 aliphatic rings. The number of nitrogen functional groups attached to an aromatic ring is 1. The van der Waals surface area contributed by atoms with Crippen LogP contribution in [0.15, 0.2) is 42.9 Å². The second-order valence-corrected chi connectivity index (χ2v) is 6.69. The van der Waals surface area contributed by atoms with Crippen LogP contribution in [-0.2, 0) is 4.74 Å². The molecule has 0 unspecified atom stereocenters. The summed E-state index contributed by atoms with van der Waals surface area (Å²) in [6, 6.07) is 9.36. The molecule has 3 heterocycles. The highest BCUT2D eigenvalue weighted by Crippen LogP contribution is 2.32. The summed E-state index contributed by atoms with van der Waals surface area (Å²) >= 11 is 0. The van der Waals surface area contributed by atoms with Crippen molar-refractivity contribution in [2.45, 2.75) is 13.8 Å². The number of ether oxygens (including phenoxy) is 1. The zero-order valence-electron chi connectivity index (χ0n) is 17.1. The van der Waals surface area contributed by atoms with E-state index in [1.807, 2.05) is 31.2 Å². The molecule has 0 aliphatic carbocycles. The summed E-state index contributed by atoms with van der Waals surface area (Å²) in [5.41, 5.74) is 6.84. The van der Waals surface area contributed by atoms with E-state index in [1.54, 1.807) is 13.0 Å². The average Bonchev–Trinajstić information content (AvgIpc) is 3.17. The number of carbonyl (C=O) groups excluding carboxylic acids is 1. The number of esters is 1. The maximum atomic E-state index is 12.5. The van der Waals surface area contributed by atoms with Gasteiger partial charge < -0.3 is 15.8 Å². The van der Waals surface area contributed by atoms with Crippen LogP contribution in [0.5, 0.6) is 0 Å². The van der Waals surface area contributed by atoms with E-state index >= 15 is 0 Å². The second-order valence-electron chi connectivity index (χ2n) is 6.69. The van der Waals surface area contributed by atoms with Gasteiger partial charge in [-0.05, 0) is 31.5 Å². The molecule has 0 spiro atoms. The zero-order valence-corrected chi connectivity index (χ0v) is 17.1. The Morgan fingerprint density at radius 1 is 1.31 bits per heavy atom. The Hall–Kier alpha value is -4.61. The lowest BCUT2D eigenvalue weighted by atomic mass is 10.1. The highest BCUT2D eigenvalue weighted by Gasteiger charge is 2.26. The van der Waals surface area contributed by atoms with E-state index in [-0.39, 0.29) is 29.6 Å². The molecule has 12 nitrogen and oxygen atoms in total. The molecule has 12 heteroatoms. The van der Waals surface area contributed by atoms with Gasteiger partial charge in [0.1, 0.15) is 11.9 Å². The number of nitrogens with one attached hydrogen (secondary N) is 1. The number of rotatable bonds is 6. The lowest BCUT2D eigenvalue weighted by molar-refractivity contribution is -0.383. The minimum atomic E-state index is -0.708. The van der Waals surface area contributed by atoms with Crippen LogP contribution in [0, 0.1) is 17.0 Å². The van der Waals surface area contributed by atoms with E-state index in [0.717, 1.165) is 22.8 Å². The molecule has 0 atom stereocenters. The Morgan fingerprint density at radius 2 is 2.09 bits per heavy atom. The van der Waals surface area contributed by atoms with Crippen molar-refractivity contribution in [3.8, 4) is 5.82 Å². The first-order chi connectivity index (χ1) is 15.4. The number of nitro groups is 1. The highest BCUT2D eigenvalue weighted by molar-refractivity contribution is 5.96. The first-order valence-electron chi connectivity index (χ1n) is 9.54. The SMILES string of the molecule is CCOC(=O)c1cnn(-c2cc(C)c3ccccc3n2)c1Nc1ncnc(N)c1[N+](=O)[O-]. The summed E-state index contributed by atoms with van der Waals surface area (Å²) in [7, 11) is 0. The quantitative estimate of drug-likeness (QED) is 0.262. The summed E-state index contributed by atoms with van der Waals surface area (Å²) in [5.74, 6) is -0.706. The minimum absolute atomic E-state index is 0.0472. The van der Waals surface area contributed by atoms with E-state index in [0.29, 0.717) is 5.82 Å². The van der Waals surface area contributed by atoms with Crippen molar-refractivity contribution in [1.82, 2.24) is 24.7 Å². The Balaban J connectivity index is 1.90. The predicted molar refractivity (Wildman–Crippen MR) is 116 cm³/mol. The molecule has 162 valence electrons. The Kier molecular flexibility index (Phi) is 5.33. The fourth-order valence-electron chi connectivity index (χ4n) is 3.22. The molecule has 3 N–H and O–H groups in total. The largest absolute Gasteiger partial charge is 0.462 e. The molecule has 32 heavy (non-hydrogen) atoms. The van der Waals surface area contributed by atoms with Crippen LogP contribution in [-0.4, -0.2) is 42.2 Å². The van der Waals surface area contributed by atoms with Gasteiger partial charge in [0, 0.05) is 5.39 Å². The maximum absolute atomic E-state index is 12.5. The summed E-state index contributed by atoms with van der Waals surface area (Å²) < 4.78 is 6.46. The number of hydrogen-bond acceptors (Lipinski definition) is 10. The van der Waals surface area contributed by atoms with Crippen molar-refractivity contribution in [3.05, 3.63) is 64.1 Å². The highest BCUT2D eigenvalue weighted by atomic mass is 16.6. The summed E-state index contributed by atoms with van der Waals surface area (Å²) in [4.78, 5) is 35.6. The van der Waals surface area contributed by atoms with Crippen molar-refractivity contribution in [2.75, 3.05) is 17.7 Å². The maximum Gasteiger partial charge on any atom is 0.353 e. The number of nitrogens with zero attached hydrogens (tertiary/aromatic N) is 6. The predicted octanol–water partition coefficient (Wildman–Crippen LogP) is 2.93.